The van der Waals surface area contributed by atoms with Gasteiger partial charge in [0.2, 0.25) is 10.0 Å². The molecule has 2 heterocycles. The van der Waals surface area contributed by atoms with Crippen LogP contribution in [-0.4, -0.2) is 42.0 Å². The molecular formula is C12H17FN2O3S. The van der Waals surface area contributed by atoms with E-state index in [0.717, 1.165) is 18.5 Å². The lowest BCUT2D eigenvalue weighted by Crippen LogP contribution is -2.45. The summed E-state index contributed by atoms with van der Waals surface area (Å²) in [5.74, 6) is -0.754. The molecule has 0 saturated carbocycles. The zero-order valence-electron chi connectivity index (χ0n) is 10.7. The van der Waals surface area contributed by atoms with E-state index in [9.17, 15) is 17.9 Å². The molecule has 19 heavy (non-hydrogen) atoms. The third-order valence-corrected chi connectivity index (χ3v) is 5.33. The van der Waals surface area contributed by atoms with Gasteiger partial charge >= 0.3 is 0 Å². The van der Waals surface area contributed by atoms with Gasteiger partial charge in [0.15, 0.2) is 0 Å². The number of nitrogens with zero attached hydrogens (tertiary/aromatic N) is 2. The molecular weight excluding hydrogens is 271 g/mol. The fourth-order valence-corrected chi connectivity index (χ4v) is 3.78. The number of pyridine rings is 1. The normalized spacial score (nSPS) is 25.4. The first-order valence-corrected chi connectivity index (χ1v) is 7.68. The zero-order chi connectivity index (χ0) is 14.0. The predicted octanol–water partition coefficient (Wildman–Crippen LogP) is 1.00. The molecule has 0 aliphatic carbocycles. The Morgan fingerprint density at radius 1 is 1.53 bits per heavy atom. The maximum absolute atomic E-state index is 13.1. The third-order valence-electron chi connectivity index (χ3n) is 3.50. The van der Waals surface area contributed by atoms with Crippen LogP contribution in [0.1, 0.15) is 19.8 Å². The van der Waals surface area contributed by atoms with Crippen LogP contribution in [0, 0.1) is 11.7 Å². The lowest BCUT2D eigenvalue weighted by atomic mass is 9.94. The van der Waals surface area contributed by atoms with E-state index in [1.165, 1.54) is 4.31 Å². The number of hydrogen-bond acceptors (Lipinski definition) is 4. The van der Waals surface area contributed by atoms with Crippen LogP contribution in [0.2, 0.25) is 0 Å². The summed E-state index contributed by atoms with van der Waals surface area (Å²) < 4.78 is 39.1. The summed E-state index contributed by atoms with van der Waals surface area (Å²) in [5.41, 5.74) is 0. The Labute approximate surface area is 112 Å². The summed E-state index contributed by atoms with van der Waals surface area (Å²) in [5, 5.41) is 9.77. The van der Waals surface area contributed by atoms with Gasteiger partial charge in [-0.25, -0.2) is 12.8 Å². The molecule has 0 aromatic carbocycles. The third kappa shape index (κ3) is 2.93. The Kier molecular flexibility index (Phi) is 4.17. The highest BCUT2D eigenvalue weighted by molar-refractivity contribution is 7.89. The van der Waals surface area contributed by atoms with Crippen LogP contribution in [0.25, 0.3) is 0 Å². The van der Waals surface area contributed by atoms with Gasteiger partial charge in [-0.05, 0) is 24.8 Å². The molecule has 0 amide bonds. The second-order valence-electron chi connectivity index (χ2n) is 4.73. The number of aliphatic hydroxyl groups excluding tert-OH is 1. The van der Waals surface area contributed by atoms with Crippen molar-refractivity contribution in [1.29, 1.82) is 0 Å². The van der Waals surface area contributed by atoms with Gasteiger partial charge in [0.05, 0.1) is 12.3 Å². The Bertz CT molecular complexity index is 550. The molecule has 106 valence electrons. The lowest BCUT2D eigenvalue weighted by molar-refractivity contribution is 0.0520. The molecule has 1 N–H and O–H groups in total. The van der Waals surface area contributed by atoms with Crippen LogP contribution < -0.4 is 0 Å². The van der Waals surface area contributed by atoms with Crippen LogP contribution in [0.4, 0.5) is 4.39 Å². The van der Waals surface area contributed by atoms with Crippen LogP contribution in [0.5, 0.6) is 0 Å². The first-order chi connectivity index (χ1) is 8.95. The molecule has 1 aromatic rings. The van der Waals surface area contributed by atoms with Crippen molar-refractivity contribution in [1.82, 2.24) is 9.29 Å². The van der Waals surface area contributed by atoms with Gasteiger partial charge in [-0.1, -0.05) is 6.92 Å². The molecule has 0 radical (unpaired) electrons. The van der Waals surface area contributed by atoms with Crippen molar-refractivity contribution in [3.05, 3.63) is 24.3 Å². The van der Waals surface area contributed by atoms with Gasteiger partial charge in [0, 0.05) is 19.3 Å². The van der Waals surface area contributed by atoms with Gasteiger partial charge < -0.3 is 5.11 Å². The number of rotatable bonds is 3. The average molecular weight is 288 g/mol. The van der Waals surface area contributed by atoms with Gasteiger partial charge in [-0.2, -0.15) is 4.31 Å². The van der Waals surface area contributed by atoms with Gasteiger partial charge in [0.25, 0.3) is 0 Å². The molecule has 7 heteroatoms. The number of halogens is 1. The van der Waals surface area contributed by atoms with E-state index in [4.69, 9.17) is 0 Å². The van der Waals surface area contributed by atoms with E-state index < -0.39 is 21.9 Å². The van der Waals surface area contributed by atoms with Crippen molar-refractivity contribution in [2.24, 2.45) is 5.92 Å². The highest BCUT2D eigenvalue weighted by Gasteiger charge is 2.34. The Morgan fingerprint density at radius 2 is 2.26 bits per heavy atom. The van der Waals surface area contributed by atoms with Crippen molar-refractivity contribution in [3.8, 4) is 0 Å². The molecule has 0 spiro atoms. The molecule has 2 unspecified atom stereocenters. The molecule has 1 saturated heterocycles. The molecule has 0 bridgehead atoms. The number of hydrogen-bond donors (Lipinski definition) is 1. The number of aliphatic hydroxyl groups is 1. The smallest absolute Gasteiger partial charge is 0.244 e. The predicted molar refractivity (Wildman–Crippen MR) is 67.4 cm³/mol. The van der Waals surface area contributed by atoms with E-state index in [0.29, 0.717) is 12.8 Å². The van der Waals surface area contributed by atoms with Crippen LogP contribution >= 0.6 is 0 Å². The van der Waals surface area contributed by atoms with Gasteiger partial charge in [0.1, 0.15) is 10.7 Å². The molecule has 1 aromatic heterocycles. The molecule has 1 aliphatic rings. The van der Waals surface area contributed by atoms with Gasteiger partial charge in [-0.15, -0.1) is 0 Å². The minimum atomic E-state index is -3.73. The largest absolute Gasteiger partial charge is 0.393 e. The maximum atomic E-state index is 13.1. The Balaban J connectivity index is 2.25. The fraction of sp³-hybridized carbons (Fsp3) is 0.583. The SMILES string of the molecule is CCC1CN(S(=O)(=O)c2cncc(F)c2)CCC1O. The van der Waals surface area contributed by atoms with Crippen LogP contribution in [-0.2, 0) is 10.0 Å². The van der Waals surface area contributed by atoms with Gasteiger partial charge in [-0.3, -0.25) is 4.98 Å². The summed E-state index contributed by atoms with van der Waals surface area (Å²) in [6.07, 6.45) is 2.75. The first-order valence-electron chi connectivity index (χ1n) is 6.24. The highest BCUT2D eigenvalue weighted by atomic mass is 32.2. The monoisotopic (exact) mass is 288 g/mol. The standard InChI is InChI=1S/C12H17FN2O3S/c1-2-9-8-15(4-3-12(9)16)19(17,18)11-5-10(13)6-14-7-11/h5-7,9,12,16H,2-4,8H2,1H3. The Hall–Kier alpha value is -1.05. The van der Waals surface area contributed by atoms with Crippen molar-refractivity contribution < 1.29 is 17.9 Å². The van der Waals surface area contributed by atoms with Crippen LogP contribution in [0.3, 0.4) is 0 Å². The lowest BCUT2D eigenvalue weighted by Gasteiger charge is -2.34. The van der Waals surface area contributed by atoms with E-state index in [1.807, 2.05) is 6.92 Å². The summed E-state index contributed by atoms with van der Waals surface area (Å²) in [4.78, 5) is 3.43. The van der Waals surface area contributed by atoms with Crippen molar-refractivity contribution in [3.63, 3.8) is 0 Å². The summed E-state index contributed by atoms with van der Waals surface area (Å²) >= 11 is 0. The van der Waals surface area contributed by atoms with E-state index >= 15 is 0 Å². The summed E-state index contributed by atoms with van der Waals surface area (Å²) in [7, 11) is -3.73. The summed E-state index contributed by atoms with van der Waals surface area (Å²) in [6.45, 7) is 2.42. The van der Waals surface area contributed by atoms with E-state index in [-0.39, 0.29) is 23.9 Å². The zero-order valence-corrected chi connectivity index (χ0v) is 11.5. The molecule has 1 fully saturated rings. The van der Waals surface area contributed by atoms with Crippen molar-refractivity contribution in [2.45, 2.75) is 30.8 Å². The van der Waals surface area contributed by atoms with Crippen LogP contribution in [0.15, 0.2) is 23.4 Å². The number of aromatic nitrogens is 1. The second kappa shape index (κ2) is 5.52. The quantitative estimate of drug-likeness (QED) is 0.901. The second-order valence-corrected chi connectivity index (χ2v) is 6.66. The first kappa shape index (κ1) is 14.4. The number of sulfonamides is 1. The highest BCUT2D eigenvalue weighted by Crippen LogP contribution is 2.25. The van der Waals surface area contributed by atoms with Crippen molar-refractivity contribution in [2.75, 3.05) is 13.1 Å². The fourth-order valence-electron chi connectivity index (χ4n) is 2.29. The molecule has 1 aliphatic heterocycles. The molecule has 2 rings (SSSR count). The minimum absolute atomic E-state index is 0.0787. The molecule has 2 atom stereocenters. The minimum Gasteiger partial charge on any atom is -0.393 e. The van der Waals surface area contributed by atoms with E-state index in [1.54, 1.807) is 0 Å². The van der Waals surface area contributed by atoms with E-state index in [2.05, 4.69) is 4.98 Å². The number of piperidine rings is 1. The topological polar surface area (TPSA) is 70.5 Å². The average Bonchev–Trinajstić information content (AvgIpc) is 2.39. The maximum Gasteiger partial charge on any atom is 0.244 e. The molecule has 5 nitrogen and oxygen atoms in total. The Morgan fingerprint density at radius 3 is 2.89 bits per heavy atom. The van der Waals surface area contributed by atoms with Crippen molar-refractivity contribution >= 4 is 10.0 Å². The summed E-state index contributed by atoms with van der Waals surface area (Å²) in [6, 6.07) is 0.967.